The molecule has 1 aliphatic heterocycles. The number of hydrogen-bond acceptors (Lipinski definition) is 3. The molecule has 0 saturated heterocycles. The first-order valence-corrected chi connectivity index (χ1v) is 8.77. The van der Waals surface area contributed by atoms with E-state index in [0.29, 0.717) is 23.7 Å². The van der Waals surface area contributed by atoms with Gasteiger partial charge in [0.05, 0.1) is 22.0 Å². The van der Waals surface area contributed by atoms with Crippen LogP contribution in [-0.2, 0) is 13.0 Å². The van der Waals surface area contributed by atoms with E-state index in [1.54, 1.807) is 17.0 Å². The molecule has 0 saturated carbocycles. The topological polar surface area (TPSA) is 50.5 Å². The third kappa shape index (κ3) is 2.59. The molecule has 24 heavy (non-hydrogen) atoms. The number of halogens is 2. The highest BCUT2D eigenvalue weighted by Gasteiger charge is 2.25. The van der Waals surface area contributed by atoms with Crippen LogP contribution in [0.4, 0.5) is 0 Å². The van der Waals surface area contributed by atoms with Gasteiger partial charge in [-0.05, 0) is 25.1 Å². The number of amides is 1. The third-order valence-electron chi connectivity index (χ3n) is 4.22. The van der Waals surface area contributed by atoms with Gasteiger partial charge in [-0.3, -0.25) is 4.79 Å². The fourth-order valence-electron chi connectivity index (χ4n) is 3.06. The maximum atomic E-state index is 12.8. The summed E-state index contributed by atoms with van der Waals surface area (Å²) in [5, 5.41) is 4.97. The first-order chi connectivity index (χ1) is 11.5. The minimum absolute atomic E-state index is 0.0660. The Hall–Kier alpha value is -1.92. The molecule has 3 heterocycles. The highest BCUT2D eigenvalue weighted by molar-refractivity contribution is 9.10. The molecular formula is C17H14BrClN4O. The number of carbonyl (C=O) groups is 1. The maximum absolute atomic E-state index is 12.8. The quantitative estimate of drug-likeness (QED) is 0.621. The molecule has 1 aliphatic rings. The monoisotopic (exact) mass is 404 g/mol. The molecule has 0 N–H and O–H groups in total. The lowest BCUT2D eigenvalue weighted by Gasteiger charge is -2.29. The van der Waals surface area contributed by atoms with Crippen molar-refractivity contribution < 1.29 is 4.79 Å². The largest absolute Gasteiger partial charge is 0.334 e. The summed E-state index contributed by atoms with van der Waals surface area (Å²) in [5.74, 6) is -0.0660. The molecule has 2 aromatic heterocycles. The van der Waals surface area contributed by atoms with Gasteiger partial charge in [-0.1, -0.05) is 27.5 Å². The lowest BCUT2D eigenvalue weighted by molar-refractivity contribution is 0.0732. The van der Waals surface area contributed by atoms with Gasteiger partial charge in [-0.2, -0.15) is 5.10 Å². The molecule has 3 aromatic rings. The van der Waals surface area contributed by atoms with Crippen molar-refractivity contribution in [3.63, 3.8) is 0 Å². The Morgan fingerprint density at radius 3 is 3.00 bits per heavy atom. The van der Waals surface area contributed by atoms with Crippen LogP contribution in [0.5, 0.6) is 0 Å². The SMILES string of the molecule is Cc1cc2ncc3c(n2n1)CCN(C(=O)c1cc(Br)ccc1Cl)C3. The summed E-state index contributed by atoms with van der Waals surface area (Å²) in [6.07, 6.45) is 2.58. The van der Waals surface area contributed by atoms with Gasteiger partial charge >= 0.3 is 0 Å². The number of aromatic nitrogens is 3. The van der Waals surface area contributed by atoms with E-state index in [4.69, 9.17) is 11.6 Å². The van der Waals surface area contributed by atoms with Gasteiger partial charge in [0, 0.05) is 41.8 Å². The summed E-state index contributed by atoms with van der Waals surface area (Å²) in [7, 11) is 0. The minimum atomic E-state index is -0.0660. The molecule has 5 nitrogen and oxygen atoms in total. The Morgan fingerprint density at radius 2 is 2.17 bits per heavy atom. The van der Waals surface area contributed by atoms with Crippen LogP contribution < -0.4 is 0 Å². The number of rotatable bonds is 1. The Morgan fingerprint density at radius 1 is 1.33 bits per heavy atom. The van der Waals surface area contributed by atoms with Gasteiger partial charge in [-0.15, -0.1) is 0 Å². The van der Waals surface area contributed by atoms with Crippen LogP contribution in [0.3, 0.4) is 0 Å². The summed E-state index contributed by atoms with van der Waals surface area (Å²) in [6.45, 7) is 3.10. The van der Waals surface area contributed by atoms with E-state index in [9.17, 15) is 4.79 Å². The lowest BCUT2D eigenvalue weighted by Crippen LogP contribution is -2.37. The zero-order valence-electron chi connectivity index (χ0n) is 13.0. The van der Waals surface area contributed by atoms with Crippen molar-refractivity contribution in [2.24, 2.45) is 0 Å². The average Bonchev–Trinajstić information content (AvgIpc) is 2.96. The number of benzene rings is 1. The van der Waals surface area contributed by atoms with E-state index in [2.05, 4.69) is 26.0 Å². The number of aryl methyl sites for hydroxylation is 1. The number of hydrogen-bond donors (Lipinski definition) is 0. The maximum Gasteiger partial charge on any atom is 0.255 e. The number of carbonyl (C=O) groups excluding carboxylic acids is 1. The molecule has 0 unspecified atom stereocenters. The van der Waals surface area contributed by atoms with E-state index in [0.717, 1.165) is 33.5 Å². The van der Waals surface area contributed by atoms with E-state index >= 15 is 0 Å². The first-order valence-electron chi connectivity index (χ1n) is 7.60. The molecule has 1 amide bonds. The minimum Gasteiger partial charge on any atom is -0.334 e. The molecule has 0 bridgehead atoms. The predicted octanol–water partition coefficient (Wildman–Crippen LogP) is 3.65. The van der Waals surface area contributed by atoms with Crippen LogP contribution in [0.2, 0.25) is 5.02 Å². The van der Waals surface area contributed by atoms with Gasteiger partial charge in [0.25, 0.3) is 5.91 Å². The summed E-state index contributed by atoms with van der Waals surface area (Å²) < 4.78 is 2.72. The normalized spacial score (nSPS) is 14.0. The molecule has 0 radical (unpaired) electrons. The van der Waals surface area contributed by atoms with Crippen LogP contribution >= 0.6 is 27.5 Å². The van der Waals surface area contributed by atoms with E-state index in [-0.39, 0.29) is 5.91 Å². The first kappa shape index (κ1) is 15.6. The third-order valence-corrected chi connectivity index (χ3v) is 5.04. The molecule has 4 rings (SSSR count). The molecule has 0 fully saturated rings. The van der Waals surface area contributed by atoms with Crippen molar-refractivity contribution in [3.8, 4) is 0 Å². The van der Waals surface area contributed by atoms with E-state index in [1.165, 1.54) is 0 Å². The van der Waals surface area contributed by atoms with Crippen molar-refractivity contribution in [2.75, 3.05) is 6.54 Å². The van der Waals surface area contributed by atoms with Gasteiger partial charge in [-0.25, -0.2) is 9.50 Å². The van der Waals surface area contributed by atoms with Gasteiger partial charge in [0.15, 0.2) is 5.65 Å². The van der Waals surface area contributed by atoms with Crippen molar-refractivity contribution in [1.82, 2.24) is 19.5 Å². The van der Waals surface area contributed by atoms with Crippen LogP contribution in [-0.4, -0.2) is 31.9 Å². The summed E-state index contributed by atoms with van der Waals surface area (Å²) in [6, 6.07) is 7.28. The van der Waals surface area contributed by atoms with Crippen molar-refractivity contribution >= 4 is 39.1 Å². The Kier molecular flexibility index (Phi) is 3.81. The van der Waals surface area contributed by atoms with Crippen molar-refractivity contribution in [1.29, 1.82) is 0 Å². The summed E-state index contributed by atoms with van der Waals surface area (Å²) >= 11 is 9.59. The van der Waals surface area contributed by atoms with Crippen LogP contribution in [0.15, 0.2) is 34.9 Å². The van der Waals surface area contributed by atoms with Gasteiger partial charge < -0.3 is 4.90 Å². The van der Waals surface area contributed by atoms with E-state index in [1.807, 2.05) is 29.8 Å². The molecule has 0 atom stereocenters. The second kappa shape index (κ2) is 5.86. The second-order valence-electron chi connectivity index (χ2n) is 5.89. The Bertz CT molecular complexity index is 969. The van der Waals surface area contributed by atoms with Crippen LogP contribution in [0, 0.1) is 6.92 Å². The highest BCUT2D eigenvalue weighted by Crippen LogP contribution is 2.26. The average molecular weight is 406 g/mol. The molecule has 122 valence electrons. The second-order valence-corrected chi connectivity index (χ2v) is 7.21. The fraction of sp³-hybridized carbons (Fsp3) is 0.235. The Balaban J connectivity index is 1.68. The van der Waals surface area contributed by atoms with Gasteiger partial charge in [0.2, 0.25) is 0 Å². The van der Waals surface area contributed by atoms with Crippen molar-refractivity contribution in [3.05, 3.63) is 62.5 Å². The zero-order valence-corrected chi connectivity index (χ0v) is 15.3. The molecular weight excluding hydrogens is 392 g/mol. The molecule has 1 aromatic carbocycles. The standard InChI is InChI=1S/C17H14BrClN4O/c1-10-6-16-20-8-11-9-22(5-4-15(11)23(16)21-10)17(24)13-7-12(18)2-3-14(13)19/h2-3,6-8H,4-5,9H2,1H3. The Labute approximate surface area is 152 Å². The number of nitrogens with zero attached hydrogens (tertiary/aromatic N) is 4. The molecule has 0 aliphatic carbocycles. The summed E-state index contributed by atoms with van der Waals surface area (Å²) in [4.78, 5) is 19.1. The number of fused-ring (bicyclic) bond motifs is 3. The predicted molar refractivity (Wildman–Crippen MR) is 95.3 cm³/mol. The molecule has 7 heteroatoms. The zero-order chi connectivity index (χ0) is 16.8. The van der Waals surface area contributed by atoms with E-state index < -0.39 is 0 Å². The molecule has 0 spiro atoms. The highest BCUT2D eigenvalue weighted by atomic mass is 79.9. The summed E-state index contributed by atoms with van der Waals surface area (Å²) in [5.41, 5.74) is 4.45. The fourth-order valence-corrected chi connectivity index (χ4v) is 3.62. The van der Waals surface area contributed by atoms with Crippen molar-refractivity contribution in [2.45, 2.75) is 19.9 Å². The van der Waals surface area contributed by atoms with Gasteiger partial charge in [0.1, 0.15) is 0 Å². The van der Waals surface area contributed by atoms with Crippen LogP contribution in [0.1, 0.15) is 27.3 Å². The lowest BCUT2D eigenvalue weighted by atomic mass is 10.1. The smallest absolute Gasteiger partial charge is 0.255 e. The van der Waals surface area contributed by atoms with Crippen LogP contribution in [0.25, 0.3) is 5.65 Å².